The average Bonchev–Trinajstić information content (AvgIpc) is 2.49. The molecule has 0 aliphatic carbocycles. The Labute approximate surface area is 113 Å². The van der Waals surface area contributed by atoms with E-state index in [0.29, 0.717) is 5.92 Å². The highest BCUT2D eigenvalue weighted by molar-refractivity contribution is 6.05. The fraction of sp³-hybridized carbons (Fsp3) is 0.400. The molecule has 3 aliphatic heterocycles. The van der Waals surface area contributed by atoms with Gasteiger partial charge in [0, 0.05) is 24.6 Å². The maximum Gasteiger partial charge on any atom is 0.126 e. The maximum absolute atomic E-state index is 9.28. The summed E-state index contributed by atoms with van der Waals surface area (Å²) in [6.07, 6.45) is 4.24. The summed E-state index contributed by atoms with van der Waals surface area (Å²) in [5, 5.41) is 12.8. The number of benzene rings is 1. The van der Waals surface area contributed by atoms with E-state index in [1.54, 1.807) is 7.11 Å². The van der Waals surface area contributed by atoms with Crippen molar-refractivity contribution in [3.8, 4) is 5.75 Å². The van der Waals surface area contributed by atoms with Gasteiger partial charge in [-0.3, -0.25) is 0 Å². The minimum atomic E-state index is 0.399. The summed E-state index contributed by atoms with van der Waals surface area (Å²) in [7, 11) is 1.67. The molecule has 1 aromatic carbocycles. The summed E-state index contributed by atoms with van der Waals surface area (Å²) in [4.78, 5) is 2.29. The van der Waals surface area contributed by atoms with Gasteiger partial charge >= 0.3 is 0 Å². The van der Waals surface area contributed by atoms with E-state index in [4.69, 9.17) is 4.74 Å². The van der Waals surface area contributed by atoms with Gasteiger partial charge in [0.25, 0.3) is 0 Å². The largest absolute Gasteiger partial charge is 0.496 e. The fourth-order valence-electron chi connectivity index (χ4n) is 3.00. The Bertz CT molecular complexity index is 529. The molecule has 0 spiro atoms. The number of methoxy groups -OCH3 is 1. The average molecular weight is 258 g/mol. The number of piperidine rings is 3. The van der Waals surface area contributed by atoms with E-state index in [1.807, 2.05) is 24.3 Å². The van der Waals surface area contributed by atoms with Crippen molar-refractivity contribution in [3.05, 3.63) is 35.5 Å². The lowest BCUT2D eigenvalue weighted by Gasteiger charge is -2.42. The molecule has 4 rings (SSSR count). The molecule has 0 aromatic heterocycles. The normalized spacial score (nSPS) is 23.3. The molecule has 4 nitrogen and oxygen atoms in total. The van der Waals surface area contributed by atoms with Gasteiger partial charge in [0.05, 0.1) is 12.8 Å². The van der Waals surface area contributed by atoms with E-state index >= 15 is 0 Å². The Balaban J connectivity index is 2.02. The van der Waals surface area contributed by atoms with E-state index < -0.39 is 0 Å². The topological polar surface area (TPSA) is 45.1 Å². The van der Waals surface area contributed by atoms with Crippen LogP contribution >= 0.6 is 0 Å². The summed E-state index contributed by atoms with van der Waals surface area (Å²) in [6.45, 7) is 2.09. The number of fused-ring (bicyclic) bond motifs is 3. The third-order valence-electron chi connectivity index (χ3n) is 4.02. The number of ether oxygens (including phenoxy) is 1. The summed E-state index contributed by atoms with van der Waals surface area (Å²) in [5.41, 5.74) is 2.88. The van der Waals surface area contributed by atoms with E-state index in [1.165, 1.54) is 0 Å². The molecule has 19 heavy (non-hydrogen) atoms. The van der Waals surface area contributed by atoms with Gasteiger partial charge in [0.2, 0.25) is 0 Å². The van der Waals surface area contributed by atoms with Crippen LogP contribution in [-0.4, -0.2) is 36.0 Å². The molecule has 0 saturated carbocycles. The summed E-state index contributed by atoms with van der Waals surface area (Å²) in [6, 6.07) is 7.90. The summed E-state index contributed by atoms with van der Waals surface area (Å²) in [5.74, 6) is 1.24. The monoisotopic (exact) mass is 258 g/mol. The number of oxime groups is 1. The van der Waals surface area contributed by atoms with Crippen molar-refractivity contribution in [3.63, 3.8) is 0 Å². The van der Waals surface area contributed by atoms with Crippen molar-refractivity contribution >= 4 is 11.8 Å². The highest BCUT2D eigenvalue weighted by Gasteiger charge is 2.35. The lowest BCUT2D eigenvalue weighted by atomic mass is 9.83. The van der Waals surface area contributed by atoms with Gasteiger partial charge in [-0.25, -0.2) is 0 Å². The van der Waals surface area contributed by atoms with E-state index in [0.717, 1.165) is 48.7 Å². The molecule has 4 heteroatoms. The van der Waals surface area contributed by atoms with Crippen LogP contribution in [0.15, 0.2) is 35.1 Å². The standard InChI is InChI=1S/C15H18N2O2/c1-19-14-5-3-2-4-12(14)10-13-15(16-18)11-6-8-17(13)9-7-11/h2-5,10-11,18H,6-9H2,1H3/b13-10+,16-15+. The van der Waals surface area contributed by atoms with Crippen LogP contribution in [0.4, 0.5) is 0 Å². The molecule has 3 heterocycles. The predicted octanol–water partition coefficient (Wildman–Crippen LogP) is 2.59. The number of rotatable bonds is 2. The number of nitrogens with zero attached hydrogens (tertiary/aromatic N) is 2. The first-order valence-corrected chi connectivity index (χ1v) is 6.65. The molecule has 1 N–H and O–H groups in total. The summed E-state index contributed by atoms with van der Waals surface area (Å²) < 4.78 is 5.37. The number of para-hydroxylation sites is 1. The lowest BCUT2D eigenvalue weighted by Crippen LogP contribution is -2.46. The van der Waals surface area contributed by atoms with Crippen LogP contribution in [0.2, 0.25) is 0 Å². The molecule has 0 radical (unpaired) electrons. The second-order valence-electron chi connectivity index (χ2n) is 5.02. The molecule has 3 aliphatic rings. The van der Waals surface area contributed by atoms with Gasteiger partial charge in [0.1, 0.15) is 11.5 Å². The zero-order valence-corrected chi connectivity index (χ0v) is 11.0. The molecule has 3 saturated heterocycles. The third kappa shape index (κ3) is 2.07. The Morgan fingerprint density at radius 2 is 2.05 bits per heavy atom. The SMILES string of the molecule is COc1ccccc1/C=C1\C(=N\O)C2CCN1CC2. The first-order chi connectivity index (χ1) is 9.33. The first-order valence-electron chi connectivity index (χ1n) is 6.65. The summed E-state index contributed by atoms with van der Waals surface area (Å²) >= 11 is 0. The van der Waals surface area contributed by atoms with Crippen LogP contribution in [-0.2, 0) is 0 Å². The van der Waals surface area contributed by atoms with E-state index in [2.05, 4.69) is 16.1 Å². The van der Waals surface area contributed by atoms with Crippen molar-refractivity contribution in [1.29, 1.82) is 0 Å². The highest BCUT2D eigenvalue weighted by Crippen LogP contribution is 2.34. The fourth-order valence-corrected chi connectivity index (χ4v) is 3.00. The molecular weight excluding hydrogens is 240 g/mol. The van der Waals surface area contributed by atoms with Crippen LogP contribution in [0.5, 0.6) is 5.75 Å². The van der Waals surface area contributed by atoms with E-state index in [9.17, 15) is 5.21 Å². The minimum Gasteiger partial charge on any atom is -0.496 e. The van der Waals surface area contributed by atoms with Crippen molar-refractivity contribution in [1.82, 2.24) is 4.90 Å². The smallest absolute Gasteiger partial charge is 0.126 e. The second kappa shape index (κ2) is 4.96. The Kier molecular flexibility index (Phi) is 3.15. The highest BCUT2D eigenvalue weighted by atomic mass is 16.5. The molecule has 2 bridgehead atoms. The van der Waals surface area contributed by atoms with Crippen molar-refractivity contribution in [2.45, 2.75) is 12.8 Å². The molecule has 0 unspecified atom stereocenters. The Hall–Kier alpha value is -1.97. The Morgan fingerprint density at radius 3 is 2.74 bits per heavy atom. The number of allylic oxidation sites excluding steroid dienone is 1. The van der Waals surface area contributed by atoms with Crippen LogP contribution < -0.4 is 4.74 Å². The van der Waals surface area contributed by atoms with Gasteiger partial charge in [-0.1, -0.05) is 23.4 Å². The van der Waals surface area contributed by atoms with Crippen LogP contribution in [0.3, 0.4) is 0 Å². The van der Waals surface area contributed by atoms with Crippen LogP contribution in [0, 0.1) is 5.92 Å². The van der Waals surface area contributed by atoms with Gasteiger partial charge in [-0.05, 0) is 25.0 Å². The first kappa shape index (κ1) is 12.1. The van der Waals surface area contributed by atoms with Gasteiger partial charge in [0.15, 0.2) is 0 Å². The number of hydrogen-bond acceptors (Lipinski definition) is 4. The molecule has 3 fully saturated rings. The Morgan fingerprint density at radius 1 is 1.32 bits per heavy atom. The minimum absolute atomic E-state index is 0.399. The lowest BCUT2D eigenvalue weighted by molar-refractivity contribution is 0.229. The van der Waals surface area contributed by atoms with Gasteiger partial charge in [-0.2, -0.15) is 0 Å². The molecule has 0 atom stereocenters. The van der Waals surface area contributed by atoms with Gasteiger partial charge in [-0.15, -0.1) is 0 Å². The second-order valence-corrected chi connectivity index (χ2v) is 5.02. The van der Waals surface area contributed by atoms with Gasteiger partial charge < -0.3 is 14.8 Å². The van der Waals surface area contributed by atoms with Crippen molar-refractivity contribution in [2.75, 3.05) is 20.2 Å². The van der Waals surface area contributed by atoms with E-state index in [-0.39, 0.29) is 0 Å². The van der Waals surface area contributed by atoms with Crippen LogP contribution in [0.1, 0.15) is 18.4 Å². The van der Waals surface area contributed by atoms with Crippen molar-refractivity contribution in [2.24, 2.45) is 11.1 Å². The zero-order chi connectivity index (χ0) is 13.2. The van der Waals surface area contributed by atoms with Crippen LogP contribution in [0.25, 0.3) is 6.08 Å². The number of hydrogen-bond donors (Lipinski definition) is 1. The molecular formula is C15H18N2O2. The molecule has 100 valence electrons. The third-order valence-corrected chi connectivity index (χ3v) is 4.02. The molecule has 0 amide bonds. The zero-order valence-electron chi connectivity index (χ0n) is 11.0. The van der Waals surface area contributed by atoms with Crippen molar-refractivity contribution < 1.29 is 9.94 Å². The predicted molar refractivity (Wildman–Crippen MR) is 74.5 cm³/mol. The maximum atomic E-state index is 9.28. The quantitative estimate of drug-likeness (QED) is 0.655. The molecule has 1 aromatic rings.